The van der Waals surface area contributed by atoms with E-state index in [0.29, 0.717) is 44.4 Å². The minimum absolute atomic E-state index is 0.174. The van der Waals surface area contributed by atoms with Crippen LogP contribution in [0.1, 0.15) is 6.92 Å². The molecule has 1 heterocycles. The Kier molecular flexibility index (Phi) is 5.68. The number of para-hydroxylation sites is 2. The van der Waals surface area contributed by atoms with Gasteiger partial charge in [0.25, 0.3) is 0 Å². The van der Waals surface area contributed by atoms with E-state index >= 15 is 0 Å². The topological polar surface area (TPSA) is 57.2 Å². The fraction of sp³-hybridized carbons (Fsp3) is 0.533. The van der Waals surface area contributed by atoms with E-state index in [9.17, 15) is 4.79 Å². The van der Waals surface area contributed by atoms with Crippen LogP contribution >= 0.6 is 0 Å². The van der Waals surface area contributed by atoms with Crippen LogP contribution in [0.4, 0.5) is 4.79 Å². The lowest BCUT2D eigenvalue weighted by Crippen LogP contribution is -2.47. The van der Waals surface area contributed by atoms with Gasteiger partial charge in [-0.2, -0.15) is 0 Å². The number of morpholine rings is 1. The molecule has 0 aromatic heterocycles. The lowest BCUT2D eigenvalue weighted by Gasteiger charge is -2.31. The molecule has 1 aliphatic rings. The largest absolute Gasteiger partial charge is 0.490 e. The third-order valence-electron chi connectivity index (χ3n) is 3.15. The maximum Gasteiger partial charge on any atom is 0.409 e. The number of benzene rings is 1. The van der Waals surface area contributed by atoms with Crippen molar-refractivity contribution in [2.75, 3.05) is 40.0 Å². The van der Waals surface area contributed by atoms with Gasteiger partial charge < -0.3 is 23.8 Å². The van der Waals surface area contributed by atoms with Crippen molar-refractivity contribution in [1.29, 1.82) is 0 Å². The summed E-state index contributed by atoms with van der Waals surface area (Å²) in [5.74, 6) is 1.39. The van der Waals surface area contributed by atoms with Gasteiger partial charge in [0.2, 0.25) is 0 Å². The predicted molar refractivity (Wildman–Crippen MR) is 76.8 cm³/mol. The highest BCUT2D eigenvalue weighted by molar-refractivity contribution is 5.67. The van der Waals surface area contributed by atoms with Crippen LogP contribution in [0.5, 0.6) is 11.5 Å². The molecule has 1 atom stereocenters. The number of ether oxygens (including phenoxy) is 4. The lowest BCUT2D eigenvalue weighted by atomic mass is 10.3. The fourth-order valence-electron chi connectivity index (χ4n) is 2.14. The van der Waals surface area contributed by atoms with E-state index in [-0.39, 0.29) is 12.2 Å². The molecule has 0 radical (unpaired) electrons. The maximum absolute atomic E-state index is 11.5. The molecule has 6 nitrogen and oxygen atoms in total. The summed E-state index contributed by atoms with van der Waals surface area (Å²) in [6.45, 7) is 4.35. The molecule has 0 aliphatic carbocycles. The summed E-state index contributed by atoms with van der Waals surface area (Å²) in [4.78, 5) is 13.1. The highest BCUT2D eigenvalue weighted by Crippen LogP contribution is 2.26. The monoisotopic (exact) mass is 295 g/mol. The maximum atomic E-state index is 11.5. The van der Waals surface area contributed by atoms with Crippen LogP contribution in [0, 0.1) is 0 Å². The van der Waals surface area contributed by atoms with Gasteiger partial charge in [0.15, 0.2) is 11.5 Å². The molecule has 116 valence electrons. The minimum Gasteiger partial charge on any atom is -0.490 e. The van der Waals surface area contributed by atoms with Crippen molar-refractivity contribution in [3.8, 4) is 11.5 Å². The zero-order valence-corrected chi connectivity index (χ0v) is 12.4. The summed E-state index contributed by atoms with van der Waals surface area (Å²) in [7, 11) is 1.38. The van der Waals surface area contributed by atoms with Gasteiger partial charge in [0, 0.05) is 6.54 Å². The molecular formula is C15H21NO5. The van der Waals surface area contributed by atoms with Crippen LogP contribution in [-0.2, 0) is 9.47 Å². The van der Waals surface area contributed by atoms with Gasteiger partial charge >= 0.3 is 6.09 Å². The highest BCUT2D eigenvalue weighted by atomic mass is 16.6. The van der Waals surface area contributed by atoms with Crippen LogP contribution in [-0.4, -0.2) is 57.1 Å². The average Bonchev–Trinajstić information content (AvgIpc) is 2.54. The van der Waals surface area contributed by atoms with E-state index in [4.69, 9.17) is 18.9 Å². The third kappa shape index (κ3) is 4.26. The Balaban J connectivity index is 1.89. The zero-order chi connectivity index (χ0) is 15.1. The van der Waals surface area contributed by atoms with E-state index < -0.39 is 0 Å². The third-order valence-corrected chi connectivity index (χ3v) is 3.15. The fourth-order valence-corrected chi connectivity index (χ4v) is 2.14. The van der Waals surface area contributed by atoms with Crippen LogP contribution in [0.15, 0.2) is 24.3 Å². The van der Waals surface area contributed by atoms with Gasteiger partial charge in [-0.15, -0.1) is 0 Å². The van der Waals surface area contributed by atoms with E-state index in [1.54, 1.807) is 4.90 Å². The first-order valence-electron chi connectivity index (χ1n) is 7.03. The Morgan fingerprint density at radius 1 is 1.33 bits per heavy atom. The van der Waals surface area contributed by atoms with Gasteiger partial charge in [-0.1, -0.05) is 12.1 Å². The van der Waals surface area contributed by atoms with Crippen LogP contribution < -0.4 is 9.47 Å². The standard InChI is InChI=1S/C15H21NO5/c1-3-19-13-6-4-5-7-14(13)21-11-12-10-16(8-9-20-12)15(17)18-2/h4-7,12H,3,8-11H2,1-2H3. The van der Waals surface area contributed by atoms with E-state index in [2.05, 4.69) is 0 Å². The quantitative estimate of drug-likeness (QED) is 0.831. The molecule has 6 heteroatoms. The van der Waals surface area contributed by atoms with E-state index in [0.717, 1.165) is 0 Å². The summed E-state index contributed by atoms with van der Waals surface area (Å²) < 4.78 is 21.6. The normalized spacial score (nSPS) is 18.2. The second-order valence-corrected chi connectivity index (χ2v) is 4.60. The Morgan fingerprint density at radius 2 is 2.05 bits per heavy atom. The Hall–Kier alpha value is -1.95. The first-order valence-corrected chi connectivity index (χ1v) is 7.03. The summed E-state index contributed by atoms with van der Waals surface area (Å²) >= 11 is 0. The number of amides is 1. The molecule has 0 N–H and O–H groups in total. The Morgan fingerprint density at radius 3 is 2.71 bits per heavy atom. The summed E-state index contributed by atoms with van der Waals surface area (Å²) in [5.41, 5.74) is 0. The second kappa shape index (κ2) is 7.73. The van der Waals surface area contributed by atoms with Gasteiger partial charge in [0.1, 0.15) is 12.7 Å². The SMILES string of the molecule is CCOc1ccccc1OCC1CN(C(=O)OC)CCO1. The molecule has 1 aliphatic heterocycles. The highest BCUT2D eigenvalue weighted by Gasteiger charge is 2.25. The smallest absolute Gasteiger partial charge is 0.409 e. The van der Waals surface area contributed by atoms with Crippen molar-refractivity contribution < 1.29 is 23.7 Å². The molecule has 0 spiro atoms. The van der Waals surface area contributed by atoms with Gasteiger partial charge in [-0.25, -0.2) is 4.79 Å². The van der Waals surface area contributed by atoms with Gasteiger partial charge in [-0.3, -0.25) is 0 Å². The average molecular weight is 295 g/mol. The van der Waals surface area contributed by atoms with Crippen LogP contribution in [0.25, 0.3) is 0 Å². The Labute approximate surface area is 124 Å². The summed E-state index contributed by atoms with van der Waals surface area (Å²) in [6, 6.07) is 7.50. The molecule has 1 aromatic rings. The van der Waals surface area contributed by atoms with Crippen molar-refractivity contribution in [2.24, 2.45) is 0 Å². The molecule has 0 saturated carbocycles. The lowest BCUT2D eigenvalue weighted by molar-refractivity contribution is -0.0434. The molecular weight excluding hydrogens is 274 g/mol. The number of carbonyl (C=O) groups is 1. The first-order chi connectivity index (χ1) is 10.2. The molecule has 21 heavy (non-hydrogen) atoms. The molecule has 0 bridgehead atoms. The predicted octanol–water partition coefficient (Wildman–Crippen LogP) is 1.93. The Bertz CT molecular complexity index is 465. The van der Waals surface area contributed by atoms with Gasteiger partial charge in [0.05, 0.1) is 26.9 Å². The van der Waals surface area contributed by atoms with E-state index in [1.165, 1.54) is 7.11 Å². The van der Waals surface area contributed by atoms with Gasteiger partial charge in [-0.05, 0) is 19.1 Å². The zero-order valence-electron chi connectivity index (χ0n) is 12.4. The van der Waals surface area contributed by atoms with E-state index in [1.807, 2.05) is 31.2 Å². The molecule has 2 rings (SSSR count). The molecule has 1 amide bonds. The molecule has 1 saturated heterocycles. The molecule has 1 unspecified atom stereocenters. The minimum atomic E-state index is -0.335. The number of hydrogen-bond acceptors (Lipinski definition) is 5. The number of hydrogen-bond donors (Lipinski definition) is 0. The summed E-state index contributed by atoms with van der Waals surface area (Å²) in [5, 5.41) is 0. The number of nitrogens with zero attached hydrogens (tertiary/aromatic N) is 1. The number of rotatable bonds is 5. The van der Waals surface area contributed by atoms with Crippen molar-refractivity contribution in [3.63, 3.8) is 0 Å². The number of carbonyl (C=O) groups excluding carboxylic acids is 1. The molecule has 1 fully saturated rings. The first kappa shape index (κ1) is 15.4. The van der Waals surface area contributed by atoms with Crippen LogP contribution in [0.2, 0.25) is 0 Å². The van der Waals surface area contributed by atoms with Crippen LogP contribution in [0.3, 0.4) is 0 Å². The number of methoxy groups -OCH3 is 1. The molecule has 1 aromatic carbocycles. The summed E-state index contributed by atoms with van der Waals surface area (Å²) in [6.07, 6.45) is -0.509. The van der Waals surface area contributed by atoms with Crippen molar-refractivity contribution in [2.45, 2.75) is 13.0 Å². The van der Waals surface area contributed by atoms with Crippen molar-refractivity contribution >= 4 is 6.09 Å². The second-order valence-electron chi connectivity index (χ2n) is 4.60. The van der Waals surface area contributed by atoms with Crippen molar-refractivity contribution in [3.05, 3.63) is 24.3 Å². The van der Waals surface area contributed by atoms with Crippen molar-refractivity contribution in [1.82, 2.24) is 4.90 Å².